The van der Waals surface area contributed by atoms with Gasteiger partial charge in [-0.1, -0.05) is 0 Å². The Bertz CT molecular complexity index is 83.4. The Hall–Kier alpha value is 1.87. The average molecular weight is 232 g/mol. The summed E-state index contributed by atoms with van der Waals surface area (Å²) in [6.07, 6.45) is 0. The first kappa shape index (κ1) is 17.1. The molecule has 0 amide bonds. The molecule has 0 spiro atoms. The second-order valence-electron chi connectivity index (χ2n) is 0.982. The molecule has 0 aromatic heterocycles. The van der Waals surface area contributed by atoms with Crippen molar-refractivity contribution < 1.29 is 78.5 Å². The van der Waals surface area contributed by atoms with Crippen molar-refractivity contribution in [1.82, 2.24) is 0 Å². The van der Waals surface area contributed by atoms with Crippen molar-refractivity contribution in [3.8, 4) is 0 Å². The summed E-state index contributed by atoms with van der Waals surface area (Å²) in [4.78, 5) is 23.7. The van der Waals surface area contributed by atoms with Crippen LogP contribution in [0.2, 0.25) is 0 Å². The van der Waals surface area contributed by atoms with Crippen molar-refractivity contribution >= 4 is 7.74 Å². The molecule has 1 saturated heterocycles. The number of hydrogen-bond donors (Lipinski definition) is 3. The van der Waals surface area contributed by atoms with Crippen molar-refractivity contribution in [3.05, 3.63) is 0 Å². The summed E-state index contributed by atoms with van der Waals surface area (Å²) < 4.78 is 6.76. The Kier molecular flexibility index (Phi) is 7.66. The minimum absolute atomic E-state index is 0. The SMILES string of the molecule is OP1(O)(O)OO1.[H-].[Li+].[Mn].[Mn]. The largest absolute Gasteiger partial charge is 1.00 e. The zero-order chi connectivity index (χ0) is 4.86. The van der Waals surface area contributed by atoms with E-state index in [1.807, 2.05) is 0 Å². The minimum atomic E-state index is -4.80. The van der Waals surface area contributed by atoms with E-state index >= 15 is 0 Å². The summed E-state index contributed by atoms with van der Waals surface area (Å²) in [5.41, 5.74) is 0. The van der Waals surface area contributed by atoms with Crippen molar-refractivity contribution in [2.45, 2.75) is 0 Å². The third-order valence-corrected chi connectivity index (χ3v) is 0.824. The van der Waals surface area contributed by atoms with Gasteiger partial charge < -0.3 is 1.43 Å². The number of hydrogen-bond acceptors (Lipinski definition) is 5. The fraction of sp³-hybridized carbons (Fsp3) is 0. The van der Waals surface area contributed by atoms with Gasteiger partial charge in [-0.3, -0.25) is 0 Å². The van der Waals surface area contributed by atoms with E-state index in [9.17, 15) is 0 Å². The molecule has 2 radical (unpaired) electrons. The molecule has 0 atom stereocenters. The van der Waals surface area contributed by atoms with Gasteiger partial charge in [-0.15, -0.1) is 0 Å². The molecule has 54 valence electrons. The Balaban J connectivity index is -0.0000000450. The van der Waals surface area contributed by atoms with Crippen molar-refractivity contribution in [2.75, 3.05) is 0 Å². The van der Waals surface area contributed by atoms with Crippen molar-refractivity contribution in [2.24, 2.45) is 0 Å². The second-order valence-corrected chi connectivity index (χ2v) is 2.95. The molecule has 1 aliphatic rings. The molecular weight excluding hydrogens is 228 g/mol. The van der Waals surface area contributed by atoms with Gasteiger partial charge in [0.05, 0.1) is 0 Å². The topological polar surface area (TPSA) is 85.8 Å². The Morgan fingerprint density at radius 2 is 1.11 bits per heavy atom. The molecule has 0 bridgehead atoms. The molecule has 0 aromatic carbocycles. The van der Waals surface area contributed by atoms with Gasteiger partial charge in [0.15, 0.2) is 0 Å². The van der Waals surface area contributed by atoms with Crippen LogP contribution < -0.4 is 18.9 Å². The quantitative estimate of drug-likeness (QED) is 0.172. The molecule has 9 heteroatoms. The zero-order valence-electron chi connectivity index (χ0n) is 5.36. The van der Waals surface area contributed by atoms with Crippen molar-refractivity contribution in [1.29, 1.82) is 0 Å². The van der Waals surface area contributed by atoms with Gasteiger partial charge in [0, 0.05) is 34.1 Å². The van der Waals surface area contributed by atoms with Gasteiger partial charge in [-0.25, -0.2) is 0 Å². The van der Waals surface area contributed by atoms with Gasteiger partial charge in [0.25, 0.3) is 0 Å². The van der Waals surface area contributed by atoms with Gasteiger partial charge in [-0.2, -0.15) is 0 Å². The van der Waals surface area contributed by atoms with Gasteiger partial charge in [0.1, 0.15) is 0 Å². The van der Waals surface area contributed by atoms with Crippen LogP contribution in [0.4, 0.5) is 0 Å². The van der Waals surface area contributed by atoms with Crippen LogP contribution in [0, 0.1) is 0 Å². The van der Waals surface area contributed by atoms with E-state index in [-0.39, 0.29) is 54.4 Å². The third-order valence-electron chi connectivity index (χ3n) is 0.275. The van der Waals surface area contributed by atoms with Gasteiger partial charge >= 0.3 is 50.6 Å². The maximum atomic E-state index is 7.89. The maximum absolute atomic E-state index is 7.89. The summed E-state index contributed by atoms with van der Waals surface area (Å²) in [7, 11) is -4.80. The Morgan fingerprint density at radius 1 is 1.00 bits per heavy atom. The summed E-state index contributed by atoms with van der Waals surface area (Å²) in [5, 5.41) is 0. The van der Waals surface area contributed by atoms with E-state index in [0.29, 0.717) is 0 Å². The standard InChI is InChI=1S/Li.2Mn.H3O5P.H/c;;;1-6(2,3)4-5-6;/h;;;1-3H;/q+1;;;;-1. The molecule has 1 rings (SSSR count). The first-order valence-electron chi connectivity index (χ1n) is 1.13. The molecular formula is H4LiMn2O5P. The second kappa shape index (κ2) is 4.03. The van der Waals surface area contributed by atoms with E-state index in [2.05, 4.69) is 9.35 Å². The fourth-order valence-corrected chi connectivity index (χ4v) is 0.402. The van der Waals surface area contributed by atoms with Crippen LogP contribution in [0.25, 0.3) is 0 Å². The van der Waals surface area contributed by atoms with Crippen LogP contribution in [-0.4, -0.2) is 14.7 Å². The van der Waals surface area contributed by atoms with Gasteiger partial charge in [-0.05, 0) is 0 Å². The van der Waals surface area contributed by atoms with E-state index in [1.54, 1.807) is 0 Å². The first-order valence-corrected chi connectivity index (χ1v) is 3.06. The van der Waals surface area contributed by atoms with Crippen molar-refractivity contribution in [3.63, 3.8) is 0 Å². The van der Waals surface area contributed by atoms with E-state index in [4.69, 9.17) is 14.7 Å². The summed E-state index contributed by atoms with van der Waals surface area (Å²) in [5.74, 6) is 0. The van der Waals surface area contributed by atoms with Crippen LogP contribution in [0.3, 0.4) is 0 Å². The van der Waals surface area contributed by atoms with Crippen LogP contribution in [-0.2, 0) is 43.5 Å². The van der Waals surface area contributed by atoms with E-state index in [1.165, 1.54) is 0 Å². The van der Waals surface area contributed by atoms with Crippen LogP contribution >= 0.6 is 7.74 Å². The maximum Gasteiger partial charge on any atom is 1.00 e. The van der Waals surface area contributed by atoms with Crippen LogP contribution in [0.1, 0.15) is 1.43 Å². The zero-order valence-corrected chi connectivity index (χ0v) is 7.62. The summed E-state index contributed by atoms with van der Waals surface area (Å²) >= 11 is 0. The molecule has 9 heavy (non-hydrogen) atoms. The Labute approximate surface area is 86.0 Å². The minimum Gasteiger partial charge on any atom is -1.00 e. The van der Waals surface area contributed by atoms with Crippen LogP contribution in [0.15, 0.2) is 0 Å². The molecule has 1 aliphatic heterocycles. The van der Waals surface area contributed by atoms with Gasteiger partial charge in [0.2, 0.25) is 0 Å². The molecule has 1 heterocycles. The predicted molar refractivity (Wildman–Crippen MR) is 16.9 cm³/mol. The number of rotatable bonds is 0. The van der Waals surface area contributed by atoms with Crippen LogP contribution in [0.5, 0.6) is 0 Å². The Morgan fingerprint density at radius 3 is 1.11 bits per heavy atom. The monoisotopic (exact) mass is 232 g/mol. The molecule has 0 saturated carbocycles. The molecule has 1 fully saturated rings. The normalized spacial score (nSPS) is 28.6. The first-order chi connectivity index (χ1) is 2.47. The smallest absolute Gasteiger partial charge is 1.00 e. The summed E-state index contributed by atoms with van der Waals surface area (Å²) in [6.45, 7) is 0. The molecule has 5 nitrogen and oxygen atoms in total. The van der Waals surface area contributed by atoms with E-state index < -0.39 is 7.74 Å². The predicted octanol–water partition coefficient (Wildman–Crippen LogP) is -3.84. The fourth-order valence-electron chi connectivity index (χ4n) is 0.0447. The third kappa shape index (κ3) is 7.77. The van der Waals surface area contributed by atoms with E-state index in [0.717, 1.165) is 0 Å². The molecule has 0 unspecified atom stereocenters. The average Bonchev–Trinajstić information content (AvgIpc) is 1.73. The molecule has 0 aliphatic carbocycles. The molecule has 0 aromatic rings. The summed E-state index contributed by atoms with van der Waals surface area (Å²) in [6, 6.07) is 0. The molecule has 3 N–H and O–H groups in total.